The summed E-state index contributed by atoms with van der Waals surface area (Å²) in [5.41, 5.74) is 1.84. The molecule has 0 aliphatic carbocycles. The molecule has 1 aromatic rings. The van der Waals surface area contributed by atoms with Gasteiger partial charge in [-0.1, -0.05) is 24.3 Å². The zero-order valence-corrected chi connectivity index (χ0v) is 14.4. The van der Waals surface area contributed by atoms with Crippen LogP contribution in [0.4, 0.5) is 0 Å². The van der Waals surface area contributed by atoms with E-state index in [1.807, 2.05) is 52.0 Å². The van der Waals surface area contributed by atoms with Gasteiger partial charge in [0.25, 0.3) is 0 Å². The molecule has 1 aromatic carbocycles. The Hall–Kier alpha value is -1.88. The van der Waals surface area contributed by atoms with Gasteiger partial charge in [-0.3, -0.25) is 9.59 Å². The highest BCUT2D eigenvalue weighted by Crippen LogP contribution is 2.24. The molecule has 5 heteroatoms. The van der Waals surface area contributed by atoms with Gasteiger partial charge in [-0.05, 0) is 38.8 Å². The van der Waals surface area contributed by atoms with Crippen LogP contribution < -0.4 is 5.32 Å². The highest BCUT2D eigenvalue weighted by Gasteiger charge is 2.34. The van der Waals surface area contributed by atoms with Gasteiger partial charge in [0.1, 0.15) is 12.6 Å². The summed E-state index contributed by atoms with van der Waals surface area (Å²) >= 11 is 0. The number of nitrogens with one attached hydrogen (secondary N) is 1. The lowest BCUT2D eigenvalue weighted by Gasteiger charge is -2.36. The fourth-order valence-electron chi connectivity index (χ4n) is 2.67. The molecule has 0 saturated carbocycles. The predicted octanol–water partition coefficient (Wildman–Crippen LogP) is 1.89. The van der Waals surface area contributed by atoms with Crippen molar-refractivity contribution in [1.82, 2.24) is 10.2 Å². The van der Waals surface area contributed by atoms with Crippen molar-refractivity contribution in [1.29, 1.82) is 0 Å². The Morgan fingerprint density at radius 3 is 2.52 bits per heavy atom. The zero-order chi connectivity index (χ0) is 17.0. The molecule has 0 aromatic heterocycles. The fraction of sp³-hybridized carbons (Fsp3) is 0.556. The number of hydrogen-bond acceptors (Lipinski definition) is 3. The molecule has 126 valence electrons. The number of likely N-dealkylation sites (N-methyl/N-ethyl adjacent to an activating group) is 1. The lowest BCUT2D eigenvalue weighted by atomic mass is 9.93. The molecule has 0 fully saturated rings. The number of hydrogen-bond donors (Lipinski definition) is 1. The summed E-state index contributed by atoms with van der Waals surface area (Å²) in [7, 11) is 0. The van der Waals surface area contributed by atoms with E-state index in [4.69, 9.17) is 4.74 Å². The van der Waals surface area contributed by atoms with Crippen LogP contribution in [-0.2, 0) is 27.3 Å². The van der Waals surface area contributed by atoms with Crippen LogP contribution in [0.15, 0.2) is 24.3 Å². The maximum atomic E-state index is 12.6. The molecule has 1 atom stereocenters. The van der Waals surface area contributed by atoms with Crippen LogP contribution in [0.5, 0.6) is 0 Å². The van der Waals surface area contributed by atoms with Gasteiger partial charge in [0, 0.05) is 19.5 Å². The van der Waals surface area contributed by atoms with Gasteiger partial charge in [0.2, 0.25) is 11.8 Å². The molecule has 0 unspecified atom stereocenters. The summed E-state index contributed by atoms with van der Waals surface area (Å²) in [5.74, 6) is -0.253. The summed E-state index contributed by atoms with van der Waals surface area (Å²) in [6, 6.07) is 7.48. The Labute approximate surface area is 138 Å². The van der Waals surface area contributed by atoms with E-state index in [1.54, 1.807) is 4.90 Å². The molecule has 1 N–H and O–H groups in total. The van der Waals surface area contributed by atoms with Crippen LogP contribution >= 0.6 is 0 Å². The molecule has 1 aliphatic heterocycles. The van der Waals surface area contributed by atoms with Crippen molar-refractivity contribution in [2.45, 2.75) is 52.3 Å². The maximum absolute atomic E-state index is 12.6. The third-order valence-corrected chi connectivity index (χ3v) is 3.85. The number of amides is 2. The number of carbonyl (C=O) groups is 2. The normalized spacial score (nSPS) is 17.6. The van der Waals surface area contributed by atoms with Crippen molar-refractivity contribution < 1.29 is 14.3 Å². The smallest absolute Gasteiger partial charge is 0.249 e. The number of carbonyl (C=O) groups excluding carboxylic acids is 2. The first-order valence-electron chi connectivity index (χ1n) is 8.09. The quantitative estimate of drug-likeness (QED) is 0.922. The van der Waals surface area contributed by atoms with Crippen molar-refractivity contribution >= 4 is 11.8 Å². The lowest BCUT2D eigenvalue weighted by molar-refractivity contribution is -0.149. The summed E-state index contributed by atoms with van der Waals surface area (Å²) < 4.78 is 5.60. The topological polar surface area (TPSA) is 58.6 Å². The Balaban J connectivity index is 2.19. The monoisotopic (exact) mass is 318 g/mol. The van der Waals surface area contributed by atoms with Crippen molar-refractivity contribution in [2.24, 2.45) is 0 Å². The van der Waals surface area contributed by atoms with Crippen LogP contribution in [-0.4, -0.2) is 41.5 Å². The Bertz CT molecular complexity index is 578. The number of fused-ring (bicyclic) bond motifs is 1. The van der Waals surface area contributed by atoms with Crippen LogP contribution in [0.25, 0.3) is 0 Å². The standard InChI is InChI=1S/C18H26N2O3/c1-5-19-17(22)15-10-13-8-6-7-9-14(13)11-20(15)16(21)12-23-18(2,3)4/h6-9,15H,5,10-12H2,1-4H3,(H,19,22)/t15-/m1/s1. The first-order valence-corrected chi connectivity index (χ1v) is 8.09. The summed E-state index contributed by atoms with van der Waals surface area (Å²) in [6.45, 7) is 8.60. The van der Waals surface area contributed by atoms with Gasteiger partial charge in [-0.25, -0.2) is 0 Å². The zero-order valence-electron chi connectivity index (χ0n) is 14.4. The summed E-state index contributed by atoms with van der Waals surface area (Å²) in [5, 5.41) is 2.83. The second-order valence-electron chi connectivity index (χ2n) is 6.81. The average Bonchev–Trinajstić information content (AvgIpc) is 2.50. The predicted molar refractivity (Wildman–Crippen MR) is 88.9 cm³/mol. The third kappa shape index (κ3) is 4.55. The van der Waals surface area contributed by atoms with Crippen molar-refractivity contribution in [3.05, 3.63) is 35.4 Å². The molecular formula is C18H26N2O3. The SMILES string of the molecule is CCNC(=O)[C@H]1Cc2ccccc2CN1C(=O)COC(C)(C)C. The van der Waals surface area contributed by atoms with Crippen LogP contribution in [0.2, 0.25) is 0 Å². The number of benzene rings is 1. The molecule has 5 nitrogen and oxygen atoms in total. The minimum absolute atomic E-state index is 0.0123. The molecule has 0 saturated heterocycles. The van der Waals surface area contributed by atoms with E-state index in [1.165, 1.54) is 0 Å². The highest BCUT2D eigenvalue weighted by atomic mass is 16.5. The largest absolute Gasteiger partial charge is 0.366 e. The van der Waals surface area contributed by atoms with Gasteiger partial charge in [0.15, 0.2) is 0 Å². The van der Waals surface area contributed by atoms with Crippen LogP contribution in [0.3, 0.4) is 0 Å². The van der Waals surface area contributed by atoms with E-state index in [0.717, 1.165) is 11.1 Å². The van der Waals surface area contributed by atoms with Crippen molar-refractivity contribution in [3.8, 4) is 0 Å². The highest BCUT2D eigenvalue weighted by molar-refractivity contribution is 5.89. The minimum atomic E-state index is -0.471. The molecule has 23 heavy (non-hydrogen) atoms. The Morgan fingerprint density at radius 2 is 1.91 bits per heavy atom. The molecule has 2 amide bonds. The van der Waals surface area contributed by atoms with Crippen molar-refractivity contribution in [2.75, 3.05) is 13.2 Å². The van der Waals surface area contributed by atoms with Crippen LogP contribution in [0, 0.1) is 0 Å². The molecule has 0 bridgehead atoms. The maximum Gasteiger partial charge on any atom is 0.249 e. The number of nitrogens with zero attached hydrogens (tertiary/aromatic N) is 1. The number of ether oxygens (including phenoxy) is 1. The van der Waals surface area contributed by atoms with E-state index < -0.39 is 6.04 Å². The van der Waals surface area contributed by atoms with E-state index in [0.29, 0.717) is 19.5 Å². The van der Waals surface area contributed by atoms with E-state index in [9.17, 15) is 9.59 Å². The van der Waals surface area contributed by atoms with Gasteiger partial charge in [0.05, 0.1) is 5.60 Å². The minimum Gasteiger partial charge on any atom is -0.366 e. The van der Waals surface area contributed by atoms with Crippen LogP contribution in [0.1, 0.15) is 38.8 Å². The second-order valence-corrected chi connectivity index (χ2v) is 6.81. The molecule has 2 rings (SSSR count). The fourth-order valence-corrected chi connectivity index (χ4v) is 2.67. The molecular weight excluding hydrogens is 292 g/mol. The first kappa shape index (κ1) is 17.5. The third-order valence-electron chi connectivity index (χ3n) is 3.85. The summed E-state index contributed by atoms with van der Waals surface area (Å²) in [6.07, 6.45) is 0.545. The van der Waals surface area contributed by atoms with E-state index >= 15 is 0 Å². The molecule has 0 radical (unpaired) electrons. The van der Waals surface area contributed by atoms with E-state index in [2.05, 4.69) is 5.32 Å². The first-order chi connectivity index (χ1) is 10.8. The summed E-state index contributed by atoms with van der Waals surface area (Å²) in [4.78, 5) is 26.6. The van der Waals surface area contributed by atoms with Gasteiger partial charge >= 0.3 is 0 Å². The van der Waals surface area contributed by atoms with Gasteiger partial charge in [-0.2, -0.15) is 0 Å². The molecule has 1 heterocycles. The molecule has 0 spiro atoms. The second kappa shape index (κ2) is 7.13. The van der Waals surface area contributed by atoms with E-state index in [-0.39, 0.29) is 24.0 Å². The Morgan fingerprint density at radius 1 is 1.26 bits per heavy atom. The van der Waals surface area contributed by atoms with Crippen molar-refractivity contribution in [3.63, 3.8) is 0 Å². The average molecular weight is 318 g/mol. The Kier molecular flexibility index (Phi) is 5.42. The van der Waals surface area contributed by atoms with Gasteiger partial charge in [-0.15, -0.1) is 0 Å². The van der Waals surface area contributed by atoms with Gasteiger partial charge < -0.3 is 15.0 Å². The number of rotatable bonds is 4. The lowest BCUT2D eigenvalue weighted by Crippen LogP contribution is -2.53. The molecule has 1 aliphatic rings.